The quantitative estimate of drug-likeness (QED) is 0.822. The topological polar surface area (TPSA) is 32.6 Å². The Hall–Kier alpha value is -1.61. The molecule has 2 nitrogen and oxygen atoms in total. The van der Waals surface area contributed by atoms with Crippen molar-refractivity contribution in [3.8, 4) is 5.75 Å². The van der Waals surface area contributed by atoms with E-state index in [0.717, 1.165) is 21.4 Å². The summed E-state index contributed by atoms with van der Waals surface area (Å²) in [4.78, 5) is 4.47. The maximum atomic E-state index is 9.78. The second kappa shape index (κ2) is 5.15. The minimum absolute atomic E-state index is 0.241. The van der Waals surface area contributed by atoms with Gasteiger partial charge in [-0.3, -0.25) is 4.99 Å². The Kier molecular flexibility index (Phi) is 3.59. The van der Waals surface area contributed by atoms with Gasteiger partial charge in [0.05, 0.1) is 5.69 Å². The minimum atomic E-state index is 0.241. The Labute approximate surface area is 109 Å². The first-order chi connectivity index (χ1) is 8.16. The largest absolute Gasteiger partial charge is 0.507 e. The lowest BCUT2D eigenvalue weighted by Gasteiger charge is -2.05. The van der Waals surface area contributed by atoms with Crippen LogP contribution in [-0.4, -0.2) is 10.8 Å². The number of aliphatic imine (C=N–C) groups is 1. The number of aromatic hydroxyl groups is 1. The average molecular weight is 290 g/mol. The van der Waals surface area contributed by atoms with E-state index in [1.165, 1.54) is 0 Å². The highest BCUT2D eigenvalue weighted by Gasteiger charge is 2.05. The third-order valence-electron chi connectivity index (χ3n) is 2.40. The summed E-state index contributed by atoms with van der Waals surface area (Å²) in [6, 6.07) is 15.0. The molecule has 1 N–H and O–H groups in total. The number of rotatable bonds is 2. The van der Waals surface area contributed by atoms with Gasteiger partial charge < -0.3 is 5.11 Å². The summed E-state index contributed by atoms with van der Waals surface area (Å²) in [5.74, 6) is 0.241. The molecule has 0 saturated carbocycles. The second-order valence-corrected chi connectivity index (χ2v) is 4.61. The molecular weight excluding hydrogens is 278 g/mol. The summed E-state index contributed by atoms with van der Waals surface area (Å²) in [5, 5.41) is 9.78. The van der Waals surface area contributed by atoms with Crippen molar-refractivity contribution in [2.45, 2.75) is 6.92 Å². The molecule has 0 aliphatic carbocycles. The molecule has 0 heterocycles. The molecule has 0 unspecified atom stereocenters. The van der Waals surface area contributed by atoms with Crippen molar-refractivity contribution in [3.05, 3.63) is 58.6 Å². The Morgan fingerprint density at radius 1 is 1.12 bits per heavy atom. The molecular formula is C14H12BrNO. The predicted octanol–water partition coefficient (Wildman–Crippen LogP) is 4.30. The molecule has 0 bridgehead atoms. The number of para-hydroxylation sites is 1. The fraction of sp³-hybridized carbons (Fsp3) is 0.0714. The fourth-order valence-electron chi connectivity index (χ4n) is 1.55. The van der Waals surface area contributed by atoms with Crippen molar-refractivity contribution in [3.63, 3.8) is 0 Å². The number of nitrogens with zero attached hydrogens (tertiary/aromatic N) is 1. The lowest BCUT2D eigenvalue weighted by molar-refractivity contribution is 0.474. The summed E-state index contributed by atoms with van der Waals surface area (Å²) in [6.45, 7) is 1.88. The third kappa shape index (κ3) is 2.94. The van der Waals surface area contributed by atoms with Crippen molar-refractivity contribution >= 4 is 27.3 Å². The van der Waals surface area contributed by atoms with Gasteiger partial charge in [-0.05, 0) is 37.3 Å². The molecule has 2 rings (SSSR count). The number of hydrogen-bond acceptors (Lipinski definition) is 2. The summed E-state index contributed by atoms with van der Waals surface area (Å²) in [5.41, 5.74) is 2.41. The smallest absolute Gasteiger partial charge is 0.124 e. The van der Waals surface area contributed by atoms with Crippen molar-refractivity contribution < 1.29 is 5.11 Å². The van der Waals surface area contributed by atoms with Crippen LogP contribution in [0, 0.1) is 0 Å². The van der Waals surface area contributed by atoms with Crippen LogP contribution in [0.5, 0.6) is 5.75 Å². The van der Waals surface area contributed by atoms with Crippen LogP contribution in [0.1, 0.15) is 12.5 Å². The van der Waals surface area contributed by atoms with Crippen LogP contribution < -0.4 is 0 Å². The average Bonchev–Trinajstić information content (AvgIpc) is 2.33. The van der Waals surface area contributed by atoms with Gasteiger partial charge in [0.1, 0.15) is 5.75 Å². The Balaban J connectivity index is 2.40. The molecule has 0 aliphatic rings. The monoisotopic (exact) mass is 289 g/mol. The highest BCUT2D eigenvalue weighted by Crippen LogP contribution is 2.24. The molecule has 0 fully saturated rings. The summed E-state index contributed by atoms with van der Waals surface area (Å²) < 4.78 is 0.924. The second-order valence-electron chi connectivity index (χ2n) is 3.69. The van der Waals surface area contributed by atoms with Crippen LogP contribution in [0.3, 0.4) is 0 Å². The van der Waals surface area contributed by atoms with E-state index in [2.05, 4.69) is 20.9 Å². The molecule has 17 heavy (non-hydrogen) atoms. The van der Waals surface area contributed by atoms with Gasteiger partial charge in [0, 0.05) is 15.7 Å². The van der Waals surface area contributed by atoms with Crippen LogP contribution >= 0.6 is 15.9 Å². The standard InChI is InChI=1S/C14H12BrNO/c1-10(16-12-5-3-2-4-6-12)13-9-11(15)7-8-14(13)17/h2-9,17H,1H3. The van der Waals surface area contributed by atoms with Crippen molar-refractivity contribution in [1.82, 2.24) is 0 Å². The van der Waals surface area contributed by atoms with E-state index in [4.69, 9.17) is 0 Å². The van der Waals surface area contributed by atoms with Crippen LogP contribution in [0.2, 0.25) is 0 Å². The van der Waals surface area contributed by atoms with E-state index in [9.17, 15) is 5.11 Å². The SMILES string of the molecule is CC(=Nc1ccccc1)c1cc(Br)ccc1O. The number of hydrogen-bond donors (Lipinski definition) is 1. The van der Waals surface area contributed by atoms with Gasteiger partial charge in [0.2, 0.25) is 0 Å². The highest BCUT2D eigenvalue weighted by atomic mass is 79.9. The maximum absolute atomic E-state index is 9.78. The molecule has 86 valence electrons. The first-order valence-corrected chi connectivity index (χ1v) is 6.05. The Bertz CT molecular complexity index is 549. The number of phenols is 1. The lowest BCUT2D eigenvalue weighted by atomic mass is 10.1. The Morgan fingerprint density at radius 3 is 2.53 bits per heavy atom. The number of halogens is 1. The van der Waals surface area contributed by atoms with Crippen LogP contribution in [0.4, 0.5) is 5.69 Å². The van der Waals surface area contributed by atoms with Gasteiger partial charge in [0.15, 0.2) is 0 Å². The van der Waals surface area contributed by atoms with Crippen LogP contribution in [0.15, 0.2) is 58.0 Å². The number of benzene rings is 2. The maximum Gasteiger partial charge on any atom is 0.124 e. The van der Waals surface area contributed by atoms with Gasteiger partial charge in [0.25, 0.3) is 0 Å². The third-order valence-corrected chi connectivity index (χ3v) is 2.89. The zero-order valence-electron chi connectivity index (χ0n) is 9.39. The van der Waals surface area contributed by atoms with Crippen molar-refractivity contribution in [2.75, 3.05) is 0 Å². The zero-order valence-corrected chi connectivity index (χ0v) is 11.0. The van der Waals surface area contributed by atoms with Gasteiger partial charge in [-0.25, -0.2) is 0 Å². The van der Waals surface area contributed by atoms with E-state index in [-0.39, 0.29) is 5.75 Å². The van der Waals surface area contributed by atoms with E-state index in [0.29, 0.717) is 0 Å². The van der Waals surface area contributed by atoms with Gasteiger partial charge in [-0.1, -0.05) is 34.1 Å². The number of phenolic OH excluding ortho intramolecular Hbond substituents is 1. The van der Waals surface area contributed by atoms with Crippen molar-refractivity contribution in [1.29, 1.82) is 0 Å². The van der Waals surface area contributed by atoms with Crippen LogP contribution in [0.25, 0.3) is 0 Å². The molecule has 2 aromatic rings. The first kappa shape index (κ1) is 11.9. The molecule has 2 aromatic carbocycles. The molecule has 3 heteroatoms. The minimum Gasteiger partial charge on any atom is -0.507 e. The molecule has 0 aromatic heterocycles. The predicted molar refractivity (Wildman–Crippen MR) is 74.1 cm³/mol. The first-order valence-electron chi connectivity index (χ1n) is 5.26. The molecule has 0 saturated heterocycles. The molecule has 0 atom stereocenters. The fourth-order valence-corrected chi connectivity index (χ4v) is 1.92. The normalized spacial score (nSPS) is 11.5. The van der Waals surface area contributed by atoms with E-state index in [1.54, 1.807) is 12.1 Å². The van der Waals surface area contributed by atoms with Crippen molar-refractivity contribution in [2.24, 2.45) is 4.99 Å². The van der Waals surface area contributed by atoms with E-state index >= 15 is 0 Å². The highest BCUT2D eigenvalue weighted by molar-refractivity contribution is 9.10. The zero-order chi connectivity index (χ0) is 12.3. The summed E-state index contributed by atoms with van der Waals surface area (Å²) in [6.07, 6.45) is 0. The van der Waals surface area contributed by atoms with Crippen LogP contribution in [-0.2, 0) is 0 Å². The lowest BCUT2D eigenvalue weighted by Crippen LogP contribution is -1.94. The van der Waals surface area contributed by atoms with E-state index < -0.39 is 0 Å². The molecule has 0 amide bonds. The Morgan fingerprint density at radius 2 is 1.82 bits per heavy atom. The molecule has 0 radical (unpaired) electrons. The van der Waals surface area contributed by atoms with Gasteiger partial charge in [-0.15, -0.1) is 0 Å². The van der Waals surface area contributed by atoms with Gasteiger partial charge >= 0.3 is 0 Å². The van der Waals surface area contributed by atoms with Gasteiger partial charge in [-0.2, -0.15) is 0 Å². The van der Waals surface area contributed by atoms with E-state index in [1.807, 2.05) is 43.3 Å². The summed E-state index contributed by atoms with van der Waals surface area (Å²) >= 11 is 3.38. The summed E-state index contributed by atoms with van der Waals surface area (Å²) in [7, 11) is 0. The molecule has 0 spiro atoms. The molecule has 0 aliphatic heterocycles.